The first-order chi connectivity index (χ1) is 21.2. The van der Waals surface area contributed by atoms with Gasteiger partial charge in [0, 0.05) is 17.1 Å². The SMILES string of the molecule is CC(C)(C)Oc1ccc(OS(=O)(=O)c2ccc3ccc4cccc5ccc2c3c45)cc1.c1ccc([SH+]c2ccccc2)cc1. The molecule has 0 saturated carbocycles. The number of hydrogen-bond donors (Lipinski definition) is 0. The summed E-state index contributed by atoms with van der Waals surface area (Å²) in [7, 11) is -4.03. The van der Waals surface area contributed by atoms with Gasteiger partial charge in [-0.15, -0.1) is 0 Å². The van der Waals surface area contributed by atoms with Crippen molar-refractivity contribution in [1.29, 1.82) is 0 Å². The molecule has 6 heteroatoms. The number of hydrogen-bond acceptors (Lipinski definition) is 4. The van der Waals surface area contributed by atoms with Crippen LogP contribution in [0.2, 0.25) is 0 Å². The van der Waals surface area contributed by atoms with E-state index in [9.17, 15) is 8.42 Å². The zero-order valence-corrected chi connectivity index (χ0v) is 26.5. The highest BCUT2D eigenvalue weighted by atomic mass is 32.2. The maximum Gasteiger partial charge on any atom is 0.339 e. The van der Waals surface area contributed by atoms with Gasteiger partial charge in [0.2, 0.25) is 0 Å². The van der Waals surface area contributed by atoms with Gasteiger partial charge in [-0.1, -0.05) is 84.9 Å². The second-order valence-electron chi connectivity index (χ2n) is 11.4. The number of ether oxygens (including phenoxy) is 1. The van der Waals surface area contributed by atoms with Crippen molar-refractivity contribution in [2.75, 3.05) is 0 Å². The van der Waals surface area contributed by atoms with Crippen LogP contribution in [0.15, 0.2) is 154 Å². The molecule has 4 nitrogen and oxygen atoms in total. The van der Waals surface area contributed by atoms with Crippen molar-refractivity contribution in [1.82, 2.24) is 0 Å². The average molecular weight is 618 g/mol. The summed E-state index contributed by atoms with van der Waals surface area (Å²) in [6.07, 6.45) is 0. The van der Waals surface area contributed by atoms with E-state index in [0.29, 0.717) is 11.1 Å². The zero-order valence-electron chi connectivity index (χ0n) is 24.8. The fraction of sp³-hybridized carbons (Fsp3) is 0.105. The van der Waals surface area contributed by atoms with Gasteiger partial charge >= 0.3 is 10.1 Å². The van der Waals surface area contributed by atoms with Crippen molar-refractivity contribution in [3.63, 3.8) is 0 Å². The molecule has 0 bridgehead atoms. The molecule has 44 heavy (non-hydrogen) atoms. The molecule has 0 saturated heterocycles. The van der Waals surface area contributed by atoms with Gasteiger partial charge in [-0.3, -0.25) is 0 Å². The largest absolute Gasteiger partial charge is 0.488 e. The Morgan fingerprint density at radius 3 is 1.59 bits per heavy atom. The van der Waals surface area contributed by atoms with E-state index in [1.807, 2.05) is 75.4 Å². The lowest BCUT2D eigenvalue weighted by Crippen LogP contribution is -2.22. The summed E-state index contributed by atoms with van der Waals surface area (Å²) in [6, 6.07) is 45.1. The number of rotatable bonds is 6. The summed E-state index contributed by atoms with van der Waals surface area (Å²) in [5.74, 6) is 0.895. The molecular weight excluding hydrogens is 585 g/mol. The first-order valence-corrected chi connectivity index (χ1v) is 16.7. The zero-order chi connectivity index (χ0) is 30.7. The first-order valence-electron chi connectivity index (χ1n) is 14.4. The van der Waals surface area contributed by atoms with Crippen molar-refractivity contribution < 1.29 is 17.3 Å². The average Bonchev–Trinajstić information content (AvgIpc) is 3.01. The normalized spacial score (nSPS) is 11.8. The van der Waals surface area contributed by atoms with Gasteiger partial charge in [0.25, 0.3) is 0 Å². The van der Waals surface area contributed by atoms with E-state index in [1.54, 1.807) is 30.3 Å². The van der Waals surface area contributed by atoms with Gasteiger partial charge in [-0.05, 0) is 102 Å². The van der Waals surface area contributed by atoms with E-state index in [1.165, 1.54) is 21.6 Å². The molecule has 0 spiro atoms. The fourth-order valence-corrected chi connectivity index (χ4v) is 7.24. The van der Waals surface area contributed by atoms with Gasteiger partial charge < -0.3 is 8.92 Å². The molecule has 0 aliphatic carbocycles. The molecular formula is C38H33O4S2+. The lowest BCUT2D eigenvalue weighted by Gasteiger charge is -2.21. The van der Waals surface area contributed by atoms with Gasteiger partial charge in [-0.2, -0.15) is 8.42 Å². The minimum Gasteiger partial charge on any atom is -0.488 e. The maximum atomic E-state index is 13.2. The minimum atomic E-state index is -4.03. The molecule has 0 aliphatic heterocycles. The van der Waals surface area contributed by atoms with E-state index < -0.39 is 10.1 Å². The molecule has 0 radical (unpaired) electrons. The molecule has 0 heterocycles. The van der Waals surface area contributed by atoms with E-state index in [2.05, 4.69) is 54.6 Å². The first kappa shape index (κ1) is 29.5. The third kappa shape index (κ3) is 6.67. The Hall–Kier alpha value is -4.52. The third-order valence-corrected chi connectivity index (χ3v) is 9.40. The van der Waals surface area contributed by atoms with E-state index >= 15 is 0 Å². The summed E-state index contributed by atoms with van der Waals surface area (Å²) in [4.78, 5) is 2.84. The molecule has 0 unspecified atom stereocenters. The van der Waals surface area contributed by atoms with Crippen LogP contribution >= 0.6 is 0 Å². The molecule has 220 valence electrons. The summed E-state index contributed by atoms with van der Waals surface area (Å²) in [5, 5.41) is 5.84. The molecule has 7 aromatic rings. The molecule has 0 amide bonds. The van der Waals surface area contributed by atoms with Crippen LogP contribution in [0, 0.1) is 0 Å². The van der Waals surface area contributed by atoms with Crippen LogP contribution in [0.5, 0.6) is 11.5 Å². The fourth-order valence-electron chi connectivity index (χ4n) is 5.17. The van der Waals surface area contributed by atoms with Crippen LogP contribution in [0.1, 0.15) is 20.8 Å². The van der Waals surface area contributed by atoms with Gasteiger partial charge in [0.15, 0.2) is 9.79 Å². The highest BCUT2D eigenvalue weighted by Gasteiger charge is 2.22. The number of thiol groups is 1. The highest BCUT2D eigenvalue weighted by Crippen LogP contribution is 2.38. The number of benzene rings is 7. The summed E-state index contributed by atoms with van der Waals surface area (Å²) in [6.45, 7) is 5.86. The lowest BCUT2D eigenvalue weighted by atomic mass is 9.94. The quantitative estimate of drug-likeness (QED) is 0.0807. The standard InChI is InChI=1S/C26H22O4S.C12H10S/c1-26(2,3)29-20-11-13-21(14-12-20)30-31(27,28)23-16-10-19-8-7-17-5-4-6-18-9-15-22(23)25(19)24(17)18;1-3-7-11(8-4-1)13-12-9-5-2-6-10-12/h4-16H,1-3H3;1-10H/p+1. The lowest BCUT2D eigenvalue weighted by molar-refractivity contribution is 0.131. The van der Waals surface area contributed by atoms with Crippen LogP contribution in [-0.4, -0.2) is 14.0 Å². The Morgan fingerprint density at radius 2 is 1.02 bits per heavy atom. The Morgan fingerprint density at radius 1 is 0.523 bits per heavy atom. The summed E-state index contributed by atoms with van der Waals surface area (Å²) < 4.78 is 37.7. The highest BCUT2D eigenvalue weighted by molar-refractivity contribution is 7.87. The van der Waals surface area contributed by atoms with E-state index in [0.717, 1.165) is 26.9 Å². The Labute approximate surface area is 262 Å². The molecule has 0 N–H and O–H groups in total. The molecule has 7 rings (SSSR count). The van der Waals surface area contributed by atoms with Crippen molar-refractivity contribution in [3.05, 3.63) is 140 Å². The van der Waals surface area contributed by atoms with Crippen molar-refractivity contribution in [2.45, 2.75) is 41.1 Å². The van der Waals surface area contributed by atoms with Crippen LogP contribution in [0.25, 0.3) is 32.3 Å². The second kappa shape index (κ2) is 12.2. The van der Waals surface area contributed by atoms with E-state index in [-0.39, 0.29) is 16.2 Å². The summed E-state index contributed by atoms with van der Waals surface area (Å²) >= 11 is 1.28. The van der Waals surface area contributed by atoms with Gasteiger partial charge in [0.1, 0.15) is 22.0 Å². The van der Waals surface area contributed by atoms with Crippen molar-refractivity contribution in [3.8, 4) is 11.5 Å². The monoisotopic (exact) mass is 617 g/mol. The predicted molar refractivity (Wildman–Crippen MR) is 183 cm³/mol. The van der Waals surface area contributed by atoms with Gasteiger partial charge in [0.05, 0.1) is 0 Å². The molecule has 7 aromatic carbocycles. The Bertz CT molecular complexity index is 2070. The van der Waals surface area contributed by atoms with Crippen molar-refractivity contribution in [2.24, 2.45) is 0 Å². The van der Waals surface area contributed by atoms with Crippen molar-refractivity contribution >= 4 is 54.2 Å². The summed E-state index contributed by atoms with van der Waals surface area (Å²) in [5.41, 5.74) is -0.337. The van der Waals surface area contributed by atoms with Crippen LogP contribution < -0.4 is 8.92 Å². The van der Waals surface area contributed by atoms with Crippen LogP contribution in [0.3, 0.4) is 0 Å². The molecule has 0 aliphatic rings. The topological polar surface area (TPSA) is 52.6 Å². The maximum absolute atomic E-state index is 13.2. The third-order valence-electron chi connectivity index (χ3n) is 6.98. The Kier molecular flexibility index (Phi) is 8.21. The Balaban J connectivity index is 0.000000220. The van der Waals surface area contributed by atoms with Crippen LogP contribution in [0.4, 0.5) is 0 Å². The second-order valence-corrected chi connectivity index (χ2v) is 14.2. The van der Waals surface area contributed by atoms with Crippen LogP contribution in [-0.2, 0) is 21.9 Å². The minimum absolute atomic E-state index is 0.160. The predicted octanol–water partition coefficient (Wildman–Crippen LogP) is 9.45. The van der Waals surface area contributed by atoms with Gasteiger partial charge in [-0.25, -0.2) is 0 Å². The smallest absolute Gasteiger partial charge is 0.339 e. The molecule has 0 aromatic heterocycles. The van der Waals surface area contributed by atoms with E-state index in [4.69, 9.17) is 8.92 Å². The molecule has 0 atom stereocenters. The molecule has 0 fully saturated rings.